The molecule has 2 atom stereocenters. The maximum absolute atomic E-state index is 11.4. The molecular formula is C15H25N3O. The molecule has 2 rings (SSSR count). The average Bonchev–Trinajstić information content (AvgIpc) is 2.93. The van der Waals surface area contributed by atoms with E-state index >= 15 is 0 Å². The molecule has 2 unspecified atom stereocenters. The Morgan fingerprint density at radius 2 is 2.26 bits per heavy atom. The number of nitrogens with zero attached hydrogens (tertiary/aromatic N) is 2. The predicted molar refractivity (Wildman–Crippen MR) is 75.8 cm³/mol. The standard InChI is InChI=1S/C15H25N3O/c1-5-11(12-8-13(19)17-9-12)10-18-7-6-16-14(18)15(2,3)4/h6-7,11-12H,5,8-10H2,1-4H3,(H,17,19). The molecule has 0 radical (unpaired) electrons. The van der Waals surface area contributed by atoms with E-state index in [2.05, 4.69) is 48.8 Å². The van der Waals surface area contributed by atoms with Gasteiger partial charge in [-0.05, 0) is 11.8 Å². The van der Waals surface area contributed by atoms with Gasteiger partial charge in [0.15, 0.2) is 0 Å². The molecule has 1 fully saturated rings. The highest BCUT2D eigenvalue weighted by molar-refractivity contribution is 5.78. The number of imidazole rings is 1. The van der Waals surface area contributed by atoms with Gasteiger partial charge in [0.25, 0.3) is 0 Å². The van der Waals surface area contributed by atoms with E-state index in [0.717, 1.165) is 25.3 Å². The van der Waals surface area contributed by atoms with Crippen LogP contribution in [0.5, 0.6) is 0 Å². The fourth-order valence-corrected chi connectivity index (χ4v) is 2.93. The third-order valence-corrected chi connectivity index (χ3v) is 4.02. The molecule has 0 saturated carbocycles. The van der Waals surface area contributed by atoms with E-state index in [0.29, 0.717) is 18.3 Å². The normalized spacial score (nSPS) is 21.5. The Balaban J connectivity index is 2.11. The Hall–Kier alpha value is -1.32. The van der Waals surface area contributed by atoms with E-state index in [9.17, 15) is 4.79 Å². The molecule has 0 bridgehead atoms. The molecule has 0 aliphatic carbocycles. The SMILES string of the molecule is CCC(Cn1ccnc1C(C)(C)C)C1CNC(=O)C1. The first-order chi connectivity index (χ1) is 8.91. The number of nitrogens with one attached hydrogen (secondary N) is 1. The number of carbonyl (C=O) groups excluding carboxylic acids is 1. The number of amides is 1. The lowest BCUT2D eigenvalue weighted by Gasteiger charge is -2.25. The van der Waals surface area contributed by atoms with Crippen LogP contribution in [-0.4, -0.2) is 22.0 Å². The van der Waals surface area contributed by atoms with Crippen molar-refractivity contribution in [2.24, 2.45) is 11.8 Å². The maximum atomic E-state index is 11.4. The van der Waals surface area contributed by atoms with E-state index in [1.165, 1.54) is 0 Å². The van der Waals surface area contributed by atoms with Gasteiger partial charge in [-0.2, -0.15) is 0 Å². The Bertz CT molecular complexity index is 444. The van der Waals surface area contributed by atoms with Crippen molar-refractivity contribution in [2.75, 3.05) is 6.54 Å². The van der Waals surface area contributed by atoms with Gasteiger partial charge in [0.2, 0.25) is 5.91 Å². The van der Waals surface area contributed by atoms with Gasteiger partial charge in [-0.25, -0.2) is 4.98 Å². The summed E-state index contributed by atoms with van der Waals surface area (Å²) in [6, 6.07) is 0. The lowest BCUT2D eigenvalue weighted by atomic mass is 9.88. The van der Waals surface area contributed by atoms with Crippen molar-refractivity contribution in [3.63, 3.8) is 0 Å². The molecule has 1 aromatic heterocycles. The molecule has 1 amide bonds. The molecule has 1 aliphatic heterocycles. The first-order valence-corrected chi connectivity index (χ1v) is 7.20. The monoisotopic (exact) mass is 263 g/mol. The van der Waals surface area contributed by atoms with Gasteiger partial charge in [0.1, 0.15) is 5.82 Å². The molecule has 2 heterocycles. The molecule has 0 aromatic carbocycles. The summed E-state index contributed by atoms with van der Waals surface area (Å²) in [6.07, 6.45) is 5.72. The second-order valence-corrected chi connectivity index (χ2v) is 6.59. The Morgan fingerprint density at radius 1 is 1.53 bits per heavy atom. The number of hydrogen-bond donors (Lipinski definition) is 1. The third-order valence-electron chi connectivity index (χ3n) is 4.02. The molecule has 1 aliphatic rings. The van der Waals surface area contributed by atoms with Crippen molar-refractivity contribution in [3.8, 4) is 0 Å². The maximum Gasteiger partial charge on any atom is 0.220 e. The van der Waals surface area contributed by atoms with Gasteiger partial charge in [0.05, 0.1) is 0 Å². The summed E-state index contributed by atoms with van der Waals surface area (Å²) in [5.41, 5.74) is 0.0610. The van der Waals surface area contributed by atoms with Crippen LogP contribution < -0.4 is 5.32 Å². The summed E-state index contributed by atoms with van der Waals surface area (Å²) in [5, 5.41) is 2.95. The zero-order valence-electron chi connectivity index (χ0n) is 12.4. The van der Waals surface area contributed by atoms with Crippen LogP contribution in [0.1, 0.15) is 46.4 Å². The summed E-state index contributed by atoms with van der Waals surface area (Å²) >= 11 is 0. The van der Waals surface area contributed by atoms with Crippen LogP contribution in [0.25, 0.3) is 0 Å². The molecule has 0 spiro atoms. The van der Waals surface area contributed by atoms with Gasteiger partial charge in [-0.15, -0.1) is 0 Å². The number of hydrogen-bond acceptors (Lipinski definition) is 2. The van der Waals surface area contributed by atoms with Crippen molar-refractivity contribution < 1.29 is 4.79 Å². The van der Waals surface area contributed by atoms with Crippen LogP contribution in [0.2, 0.25) is 0 Å². The Kier molecular flexibility index (Phi) is 3.97. The minimum Gasteiger partial charge on any atom is -0.356 e. The van der Waals surface area contributed by atoms with Crippen LogP contribution in [0.4, 0.5) is 0 Å². The van der Waals surface area contributed by atoms with E-state index in [-0.39, 0.29) is 11.3 Å². The number of carbonyl (C=O) groups is 1. The lowest BCUT2D eigenvalue weighted by Crippen LogP contribution is -2.26. The number of rotatable bonds is 4. The summed E-state index contributed by atoms with van der Waals surface area (Å²) < 4.78 is 2.26. The Labute approximate surface area is 115 Å². The molecule has 4 nitrogen and oxygen atoms in total. The predicted octanol–water partition coefficient (Wildman–Crippen LogP) is 2.34. The highest BCUT2D eigenvalue weighted by Gasteiger charge is 2.29. The van der Waals surface area contributed by atoms with Gasteiger partial charge in [0, 0.05) is 37.3 Å². The molecule has 1 N–H and O–H groups in total. The van der Waals surface area contributed by atoms with Crippen molar-refractivity contribution in [2.45, 2.75) is 52.5 Å². The molecule has 4 heteroatoms. The highest BCUT2D eigenvalue weighted by Crippen LogP contribution is 2.27. The van der Waals surface area contributed by atoms with Gasteiger partial charge in [-0.3, -0.25) is 4.79 Å². The van der Waals surface area contributed by atoms with Gasteiger partial charge < -0.3 is 9.88 Å². The largest absolute Gasteiger partial charge is 0.356 e. The fraction of sp³-hybridized carbons (Fsp3) is 0.733. The van der Waals surface area contributed by atoms with Gasteiger partial charge >= 0.3 is 0 Å². The van der Waals surface area contributed by atoms with Gasteiger partial charge in [-0.1, -0.05) is 34.1 Å². The van der Waals surface area contributed by atoms with Crippen molar-refractivity contribution >= 4 is 5.91 Å². The topological polar surface area (TPSA) is 46.9 Å². The van der Waals surface area contributed by atoms with Crippen LogP contribution in [0, 0.1) is 11.8 Å². The minimum absolute atomic E-state index is 0.0610. The summed E-state index contributed by atoms with van der Waals surface area (Å²) in [7, 11) is 0. The van der Waals surface area contributed by atoms with E-state index in [1.807, 2.05) is 6.20 Å². The zero-order valence-corrected chi connectivity index (χ0v) is 12.4. The molecular weight excluding hydrogens is 238 g/mol. The summed E-state index contributed by atoms with van der Waals surface area (Å²) in [5.74, 6) is 2.33. The van der Waals surface area contributed by atoms with Crippen LogP contribution in [0.15, 0.2) is 12.4 Å². The van der Waals surface area contributed by atoms with Crippen molar-refractivity contribution in [3.05, 3.63) is 18.2 Å². The summed E-state index contributed by atoms with van der Waals surface area (Å²) in [4.78, 5) is 15.9. The van der Waals surface area contributed by atoms with Crippen molar-refractivity contribution in [1.29, 1.82) is 0 Å². The van der Waals surface area contributed by atoms with Crippen molar-refractivity contribution in [1.82, 2.24) is 14.9 Å². The highest BCUT2D eigenvalue weighted by atomic mass is 16.1. The van der Waals surface area contributed by atoms with E-state index in [4.69, 9.17) is 0 Å². The molecule has 1 aromatic rings. The second-order valence-electron chi connectivity index (χ2n) is 6.59. The first kappa shape index (κ1) is 14.1. The zero-order chi connectivity index (χ0) is 14.0. The van der Waals surface area contributed by atoms with Crippen LogP contribution in [0.3, 0.4) is 0 Å². The smallest absolute Gasteiger partial charge is 0.220 e. The second kappa shape index (κ2) is 5.35. The van der Waals surface area contributed by atoms with E-state index in [1.54, 1.807) is 0 Å². The van der Waals surface area contributed by atoms with E-state index < -0.39 is 0 Å². The van der Waals surface area contributed by atoms with Crippen LogP contribution >= 0.6 is 0 Å². The fourth-order valence-electron chi connectivity index (χ4n) is 2.93. The molecule has 19 heavy (non-hydrogen) atoms. The third kappa shape index (κ3) is 3.17. The summed E-state index contributed by atoms with van der Waals surface area (Å²) in [6.45, 7) is 10.6. The van der Waals surface area contributed by atoms with Crippen LogP contribution in [-0.2, 0) is 16.8 Å². The first-order valence-electron chi connectivity index (χ1n) is 7.20. The quantitative estimate of drug-likeness (QED) is 0.906. The minimum atomic E-state index is 0.0610. The average molecular weight is 263 g/mol. The molecule has 106 valence electrons. The number of aromatic nitrogens is 2. The lowest BCUT2D eigenvalue weighted by molar-refractivity contribution is -0.119. The molecule has 1 saturated heterocycles. The Morgan fingerprint density at radius 3 is 2.79 bits per heavy atom.